The second-order valence-electron chi connectivity index (χ2n) is 6.70. The van der Waals surface area contributed by atoms with E-state index < -0.39 is 0 Å². The lowest BCUT2D eigenvalue weighted by Gasteiger charge is -2.32. The van der Waals surface area contributed by atoms with Gasteiger partial charge in [-0.25, -0.2) is 4.98 Å². The van der Waals surface area contributed by atoms with Crippen LogP contribution >= 0.6 is 0 Å². The van der Waals surface area contributed by atoms with Gasteiger partial charge in [-0.2, -0.15) is 0 Å². The topological polar surface area (TPSA) is 68.1 Å². The molecule has 26 heavy (non-hydrogen) atoms. The highest BCUT2D eigenvalue weighted by Crippen LogP contribution is 2.20. The van der Waals surface area contributed by atoms with E-state index in [0.717, 1.165) is 18.4 Å². The molecule has 6 heteroatoms. The van der Waals surface area contributed by atoms with Gasteiger partial charge in [0, 0.05) is 32.0 Å². The van der Waals surface area contributed by atoms with E-state index in [-0.39, 0.29) is 11.5 Å². The normalized spacial score (nSPS) is 15.3. The highest BCUT2D eigenvalue weighted by atomic mass is 16.2. The molecule has 2 aromatic heterocycles. The average Bonchev–Trinajstić information content (AvgIpc) is 2.71. The van der Waals surface area contributed by atoms with Gasteiger partial charge in [-0.1, -0.05) is 12.1 Å². The van der Waals surface area contributed by atoms with Crippen LogP contribution < -0.4 is 5.56 Å². The van der Waals surface area contributed by atoms with Gasteiger partial charge >= 0.3 is 0 Å². The summed E-state index contributed by atoms with van der Waals surface area (Å²) >= 11 is 0. The molecule has 0 N–H and O–H groups in total. The van der Waals surface area contributed by atoms with Gasteiger partial charge in [0.05, 0.1) is 22.8 Å². The summed E-state index contributed by atoms with van der Waals surface area (Å²) in [6.45, 7) is 2.05. The third kappa shape index (κ3) is 3.22. The molecule has 0 unspecified atom stereocenters. The first kappa shape index (κ1) is 16.4. The predicted molar refractivity (Wildman–Crippen MR) is 98.9 cm³/mol. The van der Waals surface area contributed by atoms with Gasteiger partial charge in [-0.15, -0.1) is 0 Å². The van der Waals surface area contributed by atoms with Crippen LogP contribution in [0.25, 0.3) is 10.9 Å². The van der Waals surface area contributed by atoms with Crippen molar-refractivity contribution in [2.24, 2.45) is 5.92 Å². The monoisotopic (exact) mass is 348 g/mol. The SMILES string of the molecule is O=C(c1cccnc1)N1CCC(Cn2cnc3ccccc3c2=O)CC1. The highest BCUT2D eigenvalue weighted by molar-refractivity contribution is 5.93. The van der Waals surface area contributed by atoms with Gasteiger partial charge in [0.25, 0.3) is 11.5 Å². The number of likely N-dealkylation sites (tertiary alicyclic amines) is 1. The van der Waals surface area contributed by atoms with Gasteiger partial charge in [0.15, 0.2) is 0 Å². The Morgan fingerprint density at radius 1 is 1.12 bits per heavy atom. The number of fused-ring (bicyclic) bond motifs is 1. The first-order valence-electron chi connectivity index (χ1n) is 8.86. The van der Waals surface area contributed by atoms with Crippen molar-refractivity contribution in [3.05, 3.63) is 71.0 Å². The molecular formula is C20H20N4O2. The van der Waals surface area contributed by atoms with Crippen LogP contribution in [-0.4, -0.2) is 38.4 Å². The molecule has 1 amide bonds. The molecule has 0 atom stereocenters. The summed E-state index contributed by atoms with van der Waals surface area (Å²) < 4.78 is 1.70. The molecule has 1 aliphatic heterocycles. The first-order valence-corrected chi connectivity index (χ1v) is 8.86. The van der Waals surface area contributed by atoms with E-state index in [1.807, 2.05) is 29.2 Å². The standard InChI is InChI=1S/C20H20N4O2/c25-19(16-4-3-9-21-12-16)23-10-7-15(8-11-23)13-24-14-22-18-6-2-1-5-17(18)20(24)26/h1-6,9,12,14-15H,7-8,10-11,13H2. The molecule has 6 nitrogen and oxygen atoms in total. The fourth-order valence-corrected chi connectivity index (χ4v) is 3.50. The molecule has 1 aromatic carbocycles. The molecule has 0 bridgehead atoms. The molecule has 4 rings (SSSR count). The van der Waals surface area contributed by atoms with Crippen LogP contribution in [0, 0.1) is 5.92 Å². The van der Waals surface area contributed by atoms with Crippen molar-refractivity contribution in [1.29, 1.82) is 0 Å². The first-order chi connectivity index (χ1) is 12.7. The third-order valence-corrected chi connectivity index (χ3v) is 5.00. The summed E-state index contributed by atoms with van der Waals surface area (Å²) in [5.41, 5.74) is 1.36. The largest absolute Gasteiger partial charge is 0.339 e. The Morgan fingerprint density at radius 2 is 1.92 bits per heavy atom. The summed E-state index contributed by atoms with van der Waals surface area (Å²) in [4.78, 5) is 35.4. The molecule has 1 fully saturated rings. The van der Waals surface area contributed by atoms with Crippen molar-refractivity contribution in [2.75, 3.05) is 13.1 Å². The molecule has 0 aliphatic carbocycles. The zero-order chi connectivity index (χ0) is 17.9. The summed E-state index contributed by atoms with van der Waals surface area (Å²) in [6, 6.07) is 11.0. The van der Waals surface area contributed by atoms with Gasteiger partial charge in [-0.05, 0) is 43.0 Å². The van der Waals surface area contributed by atoms with E-state index in [2.05, 4.69) is 9.97 Å². The quantitative estimate of drug-likeness (QED) is 0.729. The Hall–Kier alpha value is -3.02. The number of rotatable bonds is 3. The van der Waals surface area contributed by atoms with Crippen LogP contribution in [0.15, 0.2) is 59.9 Å². The van der Waals surface area contributed by atoms with E-state index >= 15 is 0 Å². The van der Waals surface area contributed by atoms with Crippen molar-refractivity contribution in [3.63, 3.8) is 0 Å². The number of aromatic nitrogens is 3. The van der Waals surface area contributed by atoms with E-state index in [1.54, 1.807) is 35.4 Å². The maximum absolute atomic E-state index is 12.6. The number of piperidine rings is 1. The lowest BCUT2D eigenvalue weighted by molar-refractivity contribution is 0.0682. The Morgan fingerprint density at radius 3 is 2.69 bits per heavy atom. The van der Waals surface area contributed by atoms with Crippen LogP contribution in [0.2, 0.25) is 0 Å². The smallest absolute Gasteiger partial charge is 0.261 e. The number of hydrogen-bond donors (Lipinski definition) is 0. The molecule has 3 aromatic rings. The van der Waals surface area contributed by atoms with Crippen molar-refractivity contribution in [3.8, 4) is 0 Å². The molecule has 0 radical (unpaired) electrons. The lowest BCUT2D eigenvalue weighted by Crippen LogP contribution is -2.40. The molecule has 1 saturated heterocycles. The van der Waals surface area contributed by atoms with Crippen molar-refractivity contribution in [1.82, 2.24) is 19.4 Å². The Labute approximate surface area is 151 Å². The zero-order valence-corrected chi connectivity index (χ0v) is 14.4. The second-order valence-corrected chi connectivity index (χ2v) is 6.70. The van der Waals surface area contributed by atoms with Crippen LogP contribution in [0.3, 0.4) is 0 Å². The number of amides is 1. The number of carbonyl (C=O) groups is 1. The molecule has 0 spiro atoms. The van der Waals surface area contributed by atoms with E-state index in [0.29, 0.717) is 36.5 Å². The number of benzene rings is 1. The average molecular weight is 348 g/mol. The Kier molecular flexibility index (Phi) is 4.48. The summed E-state index contributed by atoms with van der Waals surface area (Å²) in [5, 5.41) is 0.652. The van der Waals surface area contributed by atoms with E-state index in [1.165, 1.54) is 0 Å². The van der Waals surface area contributed by atoms with Crippen molar-refractivity contribution >= 4 is 16.8 Å². The maximum atomic E-state index is 12.6. The minimum absolute atomic E-state index is 0.00414. The van der Waals surface area contributed by atoms with Gasteiger partial charge in [0.2, 0.25) is 0 Å². The van der Waals surface area contributed by atoms with Crippen molar-refractivity contribution in [2.45, 2.75) is 19.4 Å². The number of nitrogens with zero attached hydrogens (tertiary/aromatic N) is 4. The number of pyridine rings is 1. The fraction of sp³-hybridized carbons (Fsp3) is 0.300. The minimum atomic E-state index is 0.00414. The third-order valence-electron chi connectivity index (χ3n) is 5.00. The van der Waals surface area contributed by atoms with E-state index in [9.17, 15) is 9.59 Å². The second kappa shape index (κ2) is 7.07. The highest BCUT2D eigenvalue weighted by Gasteiger charge is 2.24. The lowest BCUT2D eigenvalue weighted by atomic mass is 9.96. The van der Waals surface area contributed by atoms with Gasteiger partial charge < -0.3 is 4.90 Å². The fourth-order valence-electron chi connectivity index (χ4n) is 3.50. The van der Waals surface area contributed by atoms with Gasteiger partial charge in [-0.3, -0.25) is 19.1 Å². The summed E-state index contributed by atoms with van der Waals surface area (Å²) in [5.74, 6) is 0.398. The summed E-state index contributed by atoms with van der Waals surface area (Å²) in [6.07, 6.45) is 6.67. The number of para-hydroxylation sites is 1. The predicted octanol–water partition coefficient (Wildman–Crippen LogP) is 2.34. The molecule has 0 saturated carbocycles. The van der Waals surface area contributed by atoms with Crippen LogP contribution in [0.1, 0.15) is 23.2 Å². The molecular weight excluding hydrogens is 328 g/mol. The number of hydrogen-bond acceptors (Lipinski definition) is 4. The summed E-state index contributed by atoms with van der Waals surface area (Å²) in [7, 11) is 0. The molecule has 1 aliphatic rings. The van der Waals surface area contributed by atoms with Crippen LogP contribution in [0.4, 0.5) is 0 Å². The van der Waals surface area contributed by atoms with Crippen LogP contribution in [-0.2, 0) is 6.54 Å². The Balaban J connectivity index is 1.42. The van der Waals surface area contributed by atoms with Gasteiger partial charge in [0.1, 0.15) is 0 Å². The minimum Gasteiger partial charge on any atom is -0.339 e. The zero-order valence-electron chi connectivity index (χ0n) is 14.4. The maximum Gasteiger partial charge on any atom is 0.261 e. The number of carbonyl (C=O) groups excluding carboxylic acids is 1. The van der Waals surface area contributed by atoms with E-state index in [4.69, 9.17) is 0 Å². The Bertz CT molecular complexity index is 976. The molecule has 3 heterocycles. The molecule has 132 valence electrons. The van der Waals surface area contributed by atoms with Crippen molar-refractivity contribution < 1.29 is 4.79 Å². The van der Waals surface area contributed by atoms with Crippen LogP contribution in [0.5, 0.6) is 0 Å².